The van der Waals surface area contributed by atoms with E-state index in [4.69, 9.17) is 0 Å². The molecule has 0 saturated heterocycles. The highest BCUT2D eigenvalue weighted by molar-refractivity contribution is 7.26. The summed E-state index contributed by atoms with van der Waals surface area (Å²) in [6, 6.07) is 68.9. The molecule has 0 aliphatic heterocycles. The number of fused-ring (bicyclic) bond motifs is 6. The quantitative estimate of drug-likeness (QED) is 0.167. The minimum Gasteiger partial charge on any atom is -0.310 e. The van der Waals surface area contributed by atoms with Crippen LogP contribution in [-0.2, 0) is 5.41 Å². The van der Waals surface area contributed by atoms with Gasteiger partial charge in [0.2, 0.25) is 0 Å². The fourth-order valence-corrected chi connectivity index (χ4v) is 9.56. The largest absolute Gasteiger partial charge is 0.310 e. The first kappa shape index (κ1) is 31.5. The van der Waals surface area contributed by atoms with Crippen LogP contribution in [-0.4, -0.2) is 0 Å². The van der Waals surface area contributed by atoms with Crippen LogP contribution in [0, 0.1) is 0 Å². The summed E-state index contributed by atoms with van der Waals surface area (Å²) >= 11 is 1.90. The number of anilines is 3. The van der Waals surface area contributed by atoms with Gasteiger partial charge >= 0.3 is 0 Å². The van der Waals surface area contributed by atoms with E-state index >= 15 is 0 Å². The molecule has 1 heterocycles. The molecule has 0 bridgehead atoms. The topological polar surface area (TPSA) is 3.24 Å². The molecule has 1 nitrogen and oxygen atoms in total. The smallest absolute Gasteiger partial charge is 0.0465 e. The van der Waals surface area contributed by atoms with E-state index in [1.807, 2.05) is 11.3 Å². The van der Waals surface area contributed by atoms with Crippen molar-refractivity contribution in [2.45, 2.75) is 19.3 Å². The van der Waals surface area contributed by atoms with Crippen LogP contribution in [0.25, 0.3) is 64.7 Å². The summed E-state index contributed by atoms with van der Waals surface area (Å²) in [5, 5.41) is 2.68. The fraction of sp³-hybridized carbons (Fsp3) is 0.0588. The summed E-state index contributed by atoms with van der Waals surface area (Å²) in [6.45, 7) is 4.78. The second-order valence-corrected chi connectivity index (χ2v) is 15.6. The number of thiophene rings is 1. The van der Waals surface area contributed by atoms with Crippen LogP contribution in [0.1, 0.15) is 25.0 Å². The maximum Gasteiger partial charge on any atom is 0.0465 e. The highest BCUT2D eigenvalue weighted by Gasteiger charge is 2.36. The molecule has 10 rings (SSSR count). The Morgan fingerprint density at radius 3 is 1.51 bits per heavy atom. The number of hydrogen-bond donors (Lipinski definition) is 0. The van der Waals surface area contributed by atoms with Crippen molar-refractivity contribution >= 4 is 48.6 Å². The van der Waals surface area contributed by atoms with E-state index < -0.39 is 0 Å². The van der Waals surface area contributed by atoms with Gasteiger partial charge in [0, 0.05) is 42.6 Å². The van der Waals surface area contributed by atoms with Gasteiger partial charge in [-0.2, -0.15) is 0 Å². The molecule has 53 heavy (non-hydrogen) atoms. The van der Waals surface area contributed by atoms with Crippen LogP contribution >= 0.6 is 11.3 Å². The average Bonchev–Trinajstić information content (AvgIpc) is 3.71. The predicted octanol–water partition coefficient (Wildman–Crippen LogP) is 14.8. The normalized spacial score (nSPS) is 12.9. The van der Waals surface area contributed by atoms with E-state index in [1.165, 1.54) is 75.8 Å². The number of benzene rings is 8. The van der Waals surface area contributed by atoms with Crippen LogP contribution in [0.2, 0.25) is 0 Å². The van der Waals surface area contributed by atoms with Gasteiger partial charge in [0.1, 0.15) is 0 Å². The fourth-order valence-electron chi connectivity index (χ4n) is 8.32. The molecule has 0 atom stereocenters. The van der Waals surface area contributed by atoms with E-state index in [-0.39, 0.29) is 5.41 Å². The molecule has 9 aromatic rings. The lowest BCUT2D eigenvalue weighted by Gasteiger charge is -2.28. The predicted molar refractivity (Wildman–Crippen MR) is 228 cm³/mol. The summed E-state index contributed by atoms with van der Waals surface area (Å²) < 4.78 is 2.70. The lowest BCUT2D eigenvalue weighted by atomic mass is 9.81. The monoisotopic (exact) mass is 695 g/mol. The van der Waals surface area contributed by atoms with Gasteiger partial charge < -0.3 is 4.90 Å². The second-order valence-electron chi connectivity index (χ2n) is 14.6. The Morgan fingerprint density at radius 1 is 0.377 bits per heavy atom. The summed E-state index contributed by atoms with van der Waals surface area (Å²) in [6.07, 6.45) is 0. The molecule has 0 N–H and O–H groups in total. The van der Waals surface area contributed by atoms with E-state index in [9.17, 15) is 0 Å². The molecular formula is C51H37NS. The van der Waals surface area contributed by atoms with Crippen molar-refractivity contribution in [3.63, 3.8) is 0 Å². The van der Waals surface area contributed by atoms with E-state index in [2.05, 4.69) is 207 Å². The molecule has 0 unspecified atom stereocenters. The van der Waals surface area contributed by atoms with Gasteiger partial charge in [-0.1, -0.05) is 153 Å². The average molecular weight is 696 g/mol. The first-order valence-electron chi connectivity index (χ1n) is 18.3. The molecule has 0 saturated carbocycles. The molecule has 252 valence electrons. The Bertz CT molecular complexity index is 2690. The van der Waals surface area contributed by atoms with Crippen LogP contribution in [0.4, 0.5) is 17.1 Å². The SMILES string of the molecule is CC1(C)c2cc(-c3cccc4c3sc3ccccc34)ccc2-c2ccc(N(c3ccc(-c4ccccc4)cc3)c3ccc(-c4ccccc4)cc3)cc21. The Kier molecular flexibility index (Phi) is 7.42. The lowest BCUT2D eigenvalue weighted by Crippen LogP contribution is -2.16. The molecular weight excluding hydrogens is 659 g/mol. The standard InChI is InChI=1S/C51H37NS/c1-51(2)47-32-38(42-17-11-18-46-45-16-9-10-19-49(45)53-50(42)46)24-30-43(47)44-31-29-41(33-48(44)51)52(39-25-20-36(21-26-39)34-12-5-3-6-13-34)40-27-22-37(23-28-40)35-14-7-4-8-15-35/h3-33H,1-2H3. The second kappa shape index (κ2) is 12.5. The molecule has 1 aliphatic carbocycles. The van der Waals surface area contributed by atoms with Gasteiger partial charge in [-0.15, -0.1) is 11.3 Å². The van der Waals surface area contributed by atoms with Crippen molar-refractivity contribution in [2.75, 3.05) is 4.90 Å². The molecule has 0 radical (unpaired) electrons. The summed E-state index contributed by atoms with van der Waals surface area (Å²) in [5.74, 6) is 0. The van der Waals surface area contributed by atoms with Crippen molar-refractivity contribution in [1.29, 1.82) is 0 Å². The first-order valence-corrected chi connectivity index (χ1v) is 19.2. The lowest BCUT2D eigenvalue weighted by molar-refractivity contribution is 0.660. The van der Waals surface area contributed by atoms with Gasteiger partial charge in [-0.3, -0.25) is 0 Å². The Labute approximate surface area is 315 Å². The molecule has 1 aromatic heterocycles. The zero-order chi connectivity index (χ0) is 35.5. The highest BCUT2D eigenvalue weighted by Crippen LogP contribution is 2.52. The van der Waals surface area contributed by atoms with Crippen LogP contribution < -0.4 is 4.90 Å². The van der Waals surface area contributed by atoms with Crippen molar-refractivity contribution in [3.8, 4) is 44.5 Å². The third-order valence-electron chi connectivity index (χ3n) is 11.1. The maximum atomic E-state index is 2.45. The van der Waals surface area contributed by atoms with Crippen molar-refractivity contribution in [3.05, 3.63) is 199 Å². The molecule has 0 spiro atoms. The van der Waals surface area contributed by atoms with Crippen molar-refractivity contribution in [2.24, 2.45) is 0 Å². The number of hydrogen-bond acceptors (Lipinski definition) is 2. The molecule has 8 aromatic carbocycles. The Hall–Kier alpha value is -6.22. The van der Waals surface area contributed by atoms with Crippen LogP contribution in [0.15, 0.2) is 188 Å². The van der Waals surface area contributed by atoms with Gasteiger partial charge in [-0.25, -0.2) is 0 Å². The zero-order valence-corrected chi connectivity index (χ0v) is 30.6. The maximum absolute atomic E-state index is 2.45. The molecule has 0 fully saturated rings. The summed E-state index contributed by atoms with van der Waals surface area (Å²) in [4.78, 5) is 2.40. The summed E-state index contributed by atoms with van der Waals surface area (Å²) in [5.41, 5.74) is 16.1. The van der Waals surface area contributed by atoms with E-state index in [0.717, 1.165) is 17.1 Å². The molecule has 2 heteroatoms. The first-order chi connectivity index (χ1) is 26.0. The number of nitrogens with zero attached hydrogens (tertiary/aromatic N) is 1. The third kappa shape index (κ3) is 5.29. The summed E-state index contributed by atoms with van der Waals surface area (Å²) in [7, 11) is 0. The highest BCUT2D eigenvalue weighted by atomic mass is 32.1. The van der Waals surface area contributed by atoms with Crippen LogP contribution in [0.3, 0.4) is 0 Å². The van der Waals surface area contributed by atoms with Crippen LogP contribution in [0.5, 0.6) is 0 Å². The van der Waals surface area contributed by atoms with Gasteiger partial charge in [0.05, 0.1) is 0 Å². The zero-order valence-electron chi connectivity index (χ0n) is 29.8. The minimum atomic E-state index is -0.176. The molecule has 0 amide bonds. The Morgan fingerprint density at radius 2 is 0.868 bits per heavy atom. The third-order valence-corrected chi connectivity index (χ3v) is 12.3. The van der Waals surface area contributed by atoms with E-state index in [1.54, 1.807) is 0 Å². The van der Waals surface area contributed by atoms with Gasteiger partial charge in [0.15, 0.2) is 0 Å². The van der Waals surface area contributed by atoms with Gasteiger partial charge in [-0.05, 0) is 104 Å². The van der Waals surface area contributed by atoms with Crippen molar-refractivity contribution in [1.82, 2.24) is 0 Å². The van der Waals surface area contributed by atoms with Crippen molar-refractivity contribution < 1.29 is 0 Å². The number of rotatable bonds is 6. The minimum absolute atomic E-state index is 0.176. The Balaban J connectivity index is 1.06. The van der Waals surface area contributed by atoms with E-state index in [0.29, 0.717) is 0 Å². The molecule has 1 aliphatic rings. The van der Waals surface area contributed by atoms with Gasteiger partial charge in [0.25, 0.3) is 0 Å².